The van der Waals surface area contributed by atoms with Crippen molar-refractivity contribution in [3.05, 3.63) is 66.2 Å². The molecule has 7 nitrogen and oxygen atoms in total. The molecule has 25 heavy (non-hydrogen) atoms. The molecule has 0 radical (unpaired) electrons. The second-order valence-electron chi connectivity index (χ2n) is 4.65. The second-order valence-corrected chi connectivity index (χ2v) is 5.47. The van der Waals surface area contributed by atoms with Crippen LogP contribution in [0.25, 0.3) is 0 Å². The van der Waals surface area contributed by atoms with E-state index in [0.29, 0.717) is 6.07 Å². The summed E-state index contributed by atoms with van der Waals surface area (Å²) in [6.07, 6.45) is -5.07. The van der Waals surface area contributed by atoms with Crippen LogP contribution in [0.4, 0.5) is 35.9 Å². The summed E-state index contributed by atoms with van der Waals surface area (Å²) in [4.78, 5) is 19.6. The number of non-ortho nitro benzene ring substituents is 1. The first kappa shape index (κ1) is 18.7. The van der Waals surface area contributed by atoms with E-state index in [1.807, 2.05) is 0 Å². The Morgan fingerprint density at radius 1 is 0.960 bits per heavy atom. The Bertz CT molecular complexity index is 874. The van der Waals surface area contributed by atoms with Crippen molar-refractivity contribution in [2.24, 2.45) is 0 Å². The zero-order chi connectivity index (χ0) is 18.9. The van der Waals surface area contributed by atoms with Gasteiger partial charge in [0.2, 0.25) is 0 Å². The normalized spacial score (nSPS) is 11.2. The van der Waals surface area contributed by atoms with E-state index >= 15 is 0 Å². The summed E-state index contributed by atoms with van der Waals surface area (Å²) in [6.45, 7) is 0. The number of halogens is 5. The average Bonchev–Trinajstić information content (AvgIpc) is 2.49. The molecule has 2 aromatic carbocycles. The lowest BCUT2D eigenvalue weighted by molar-refractivity contribution is -0.394. The fraction of sp³-hybridized carbons (Fsp3) is 0.0769. The van der Waals surface area contributed by atoms with Gasteiger partial charge in [0.25, 0.3) is 11.4 Å². The van der Waals surface area contributed by atoms with E-state index < -0.39 is 38.6 Å². The summed E-state index contributed by atoms with van der Waals surface area (Å²) >= 11 is 11.5. The molecule has 0 aliphatic rings. The Balaban J connectivity index is 2.70. The van der Waals surface area contributed by atoms with Crippen molar-refractivity contribution in [1.29, 1.82) is 0 Å². The first-order valence-electron chi connectivity index (χ1n) is 6.27. The fourth-order valence-electron chi connectivity index (χ4n) is 1.93. The number of benzene rings is 2. The molecule has 0 heterocycles. The molecule has 0 aliphatic carbocycles. The monoisotopic (exact) mass is 395 g/mol. The van der Waals surface area contributed by atoms with Gasteiger partial charge in [-0.25, -0.2) is 0 Å². The molecule has 2 rings (SSSR count). The van der Waals surface area contributed by atoms with Crippen LogP contribution in [0.3, 0.4) is 0 Å². The molecule has 0 saturated carbocycles. The quantitative estimate of drug-likeness (QED) is 0.538. The van der Waals surface area contributed by atoms with E-state index in [2.05, 4.69) is 5.32 Å². The Kier molecular flexibility index (Phi) is 5.04. The van der Waals surface area contributed by atoms with Crippen molar-refractivity contribution < 1.29 is 23.0 Å². The molecule has 132 valence electrons. The summed E-state index contributed by atoms with van der Waals surface area (Å²) in [7, 11) is 0. The van der Waals surface area contributed by atoms with Gasteiger partial charge < -0.3 is 5.32 Å². The highest BCUT2D eigenvalue weighted by molar-refractivity contribution is 6.42. The van der Waals surface area contributed by atoms with Crippen LogP contribution in [0, 0.1) is 20.2 Å². The Labute approximate surface area is 147 Å². The number of rotatable bonds is 4. The highest BCUT2D eigenvalue weighted by Crippen LogP contribution is 2.44. The molecular weight excluding hydrogens is 390 g/mol. The van der Waals surface area contributed by atoms with E-state index in [0.717, 1.165) is 6.07 Å². The summed E-state index contributed by atoms with van der Waals surface area (Å²) in [6, 6.07) is 4.34. The van der Waals surface area contributed by atoms with Crippen LogP contribution in [0.15, 0.2) is 30.3 Å². The lowest BCUT2D eigenvalue weighted by Gasteiger charge is -2.15. The van der Waals surface area contributed by atoms with E-state index in [1.165, 1.54) is 12.1 Å². The number of nitrogens with zero attached hydrogens (tertiary/aromatic N) is 2. The minimum Gasteiger partial charge on any atom is -0.349 e. The zero-order valence-electron chi connectivity index (χ0n) is 11.8. The number of alkyl halides is 3. The van der Waals surface area contributed by atoms with Crippen LogP contribution in [-0.4, -0.2) is 9.85 Å². The Hall–Kier alpha value is -2.59. The van der Waals surface area contributed by atoms with Crippen LogP contribution >= 0.6 is 23.2 Å². The van der Waals surface area contributed by atoms with Gasteiger partial charge in [-0.05, 0) is 18.2 Å². The Morgan fingerprint density at radius 2 is 1.60 bits per heavy atom. The highest BCUT2D eigenvalue weighted by Gasteiger charge is 2.39. The van der Waals surface area contributed by atoms with Gasteiger partial charge in [0, 0.05) is 11.8 Å². The van der Waals surface area contributed by atoms with Crippen molar-refractivity contribution in [3.8, 4) is 0 Å². The molecule has 0 atom stereocenters. The SMILES string of the molecule is O=[N+]([O-])c1cc([N+](=O)[O-])c(Nc2ccc(Cl)c(Cl)c2)c(C(F)(F)F)c1. The van der Waals surface area contributed by atoms with Crippen LogP contribution in [0.5, 0.6) is 0 Å². The molecule has 0 spiro atoms. The maximum absolute atomic E-state index is 13.2. The molecule has 2 aromatic rings. The molecule has 12 heteroatoms. The zero-order valence-corrected chi connectivity index (χ0v) is 13.3. The molecule has 0 bridgehead atoms. The number of hydrogen-bond donors (Lipinski definition) is 1. The molecule has 1 N–H and O–H groups in total. The molecular formula is C13H6Cl2F3N3O4. The van der Waals surface area contributed by atoms with Crippen molar-refractivity contribution >= 4 is 46.0 Å². The minimum atomic E-state index is -5.07. The third-order valence-corrected chi connectivity index (χ3v) is 3.74. The van der Waals surface area contributed by atoms with Gasteiger partial charge in [-0.3, -0.25) is 20.2 Å². The van der Waals surface area contributed by atoms with Gasteiger partial charge in [0.15, 0.2) is 0 Å². The summed E-state index contributed by atoms with van der Waals surface area (Å²) in [5, 5.41) is 24.3. The van der Waals surface area contributed by atoms with Crippen LogP contribution < -0.4 is 5.32 Å². The van der Waals surface area contributed by atoms with Crippen LogP contribution in [0.2, 0.25) is 10.0 Å². The summed E-state index contributed by atoms with van der Waals surface area (Å²) in [5.74, 6) is 0. The average molecular weight is 396 g/mol. The number of nitrogens with one attached hydrogen (secondary N) is 1. The Morgan fingerprint density at radius 3 is 2.08 bits per heavy atom. The van der Waals surface area contributed by atoms with Crippen LogP contribution in [0.1, 0.15) is 5.56 Å². The van der Waals surface area contributed by atoms with Gasteiger partial charge in [-0.1, -0.05) is 23.2 Å². The van der Waals surface area contributed by atoms with Crippen molar-refractivity contribution in [2.75, 3.05) is 5.32 Å². The highest BCUT2D eigenvalue weighted by atomic mass is 35.5. The summed E-state index contributed by atoms with van der Waals surface area (Å²) in [5.41, 5.74) is -4.68. The smallest absolute Gasteiger partial charge is 0.349 e. The maximum Gasteiger partial charge on any atom is 0.418 e. The van der Waals surface area contributed by atoms with E-state index in [1.54, 1.807) is 0 Å². The lowest BCUT2D eigenvalue weighted by Crippen LogP contribution is -2.11. The fourth-order valence-corrected chi connectivity index (χ4v) is 2.23. The molecule has 0 saturated heterocycles. The number of anilines is 2. The van der Waals surface area contributed by atoms with Crippen molar-refractivity contribution in [3.63, 3.8) is 0 Å². The number of hydrogen-bond acceptors (Lipinski definition) is 5. The lowest BCUT2D eigenvalue weighted by atomic mass is 10.1. The second kappa shape index (κ2) is 6.73. The van der Waals surface area contributed by atoms with E-state index in [-0.39, 0.29) is 21.8 Å². The largest absolute Gasteiger partial charge is 0.418 e. The number of nitro benzene ring substituents is 2. The first-order chi connectivity index (χ1) is 11.5. The van der Waals surface area contributed by atoms with E-state index in [9.17, 15) is 33.4 Å². The third kappa shape index (κ3) is 4.09. The van der Waals surface area contributed by atoms with Crippen LogP contribution in [-0.2, 0) is 6.18 Å². The van der Waals surface area contributed by atoms with Crippen molar-refractivity contribution in [1.82, 2.24) is 0 Å². The maximum atomic E-state index is 13.2. The molecule has 0 aliphatic heterocycles. The minimum absolute atomic E-state index is 0.00444. The molecule has 0 amide bonds. The number of nitro groups is 2. The summed E-state index contributed by atoms with van der Waals surface area (Å²) < 4.78 is 39.7. The van der Waals surface area contributed by atoms with Gasteiger partial charge in [-0.15, -0.1) is 0 Å². The van der Waals surface area contributed by atoms with Gasteiger partial charge >= 0.3 is 6.18 Å². The van der Waals surface area contributed by atoms with Gasteiger partial charge in [0.1, 0.15) is 5.69 Å². The molecule has 0 fully saturated rings. The predicted octanol–water partition coefficient (Wildman–Crippen LogP) is 5.57. The topological polar surface area (TPSA) is 98.3 Å². The van der Waals surface area contributed by atoms with Gasteiger partial charge in [0.05, 0.1) is 31.5 Å². The molecule has 0 aromatic heterocycles. The third-order valence-electron chi connectivity index (χ3n) is 3.00. The van der Waals surface area contributed by atoms with Crippen molar-refractivity contribution in [2.45, 2.75) is 6.18 Å². The molecule has 0 unspecified atom stereocenters. The first-order valence-corrected chi connectivity index (χ1v) is 7.02. The standard InChI is InChI=1S/C13H6Cl2F3N3O4/c14-9-2-1-6(3-10(9)15)19-12-8(13(16,17)18)4-7(20(22)23)5-11(12)21(24)25/h1-5,19H. The van der Waals surface area contributed by atoms with Gasteiger partial charge in [-0.2, -0.15) is 13.2 Å². The predicted molar refractivity (Wildman–Crippen MR) is 84.5 cm³/mol. The van der Waals surface area contributed by atoms with E-state index in [4.69, 9.17) is 23.2 Å².